The number of likely N-dealkylation sites (tertiary alicyclic amines) is 1. The molecule has 3 aromatic rings. The summed E-state index contributed by atoms with van der Waals surface area (Å²) in [4.78, 5) is 24.5. The number of aromatic nitrogens is 3. The van der Waals surface area contributed by atoms with Gasteiger partial charge in [-0.05, 0) is 56.0 Å². The third-order valence-electron chi connectivity index (χ3n) is 6.28. The molecule has 8 heteroatoms. The number of nitrogen functional groups attached to an aromatic ring is 1. The molecule has 1 fully saturated rings. The monoisotopic (exact) mass is 450 g/mol. The number of nitrogens with one attached hydrogen (secondary N) is 1. The molecule has 0 spiro atoms. The van der Waals surface area contributed by atoms with Gasteiger partial charge in [0.1, 0.15) is 11.2 Å². The Morgan fingerprint density at radius 1 is 1.06 bits per heavy atom. The van der Waals surface area contributed by atoms with Crippen molar-refractivity contribution < 1.29 is 5.11 Å². The van der Waals surface area contributed by atoms with Crippen LogP contribution in [0.4, 0.5) is 11.8 Å². The Kier molecular flexibility index (Phi) is 7.57. The highest BCUT2D eigenvalue weighted by Crippen LogP contribution is 2.21. The Morgan fingerprint density at radius 3 is 2.42 bits per heavy atom. The molecule has 1 saturated heterocycles. The second-order valence-electron chi connectivity index (χ2n) is 8.88. The van der Waals surface area contributed by atoms with Gasteiger partial charge < -0.3 is 20.7 Å². The summed E-state index contributed by atoms with van der Waals surface area (Å²) in [5.41, 5.74) is 8.64. The van der Waals surface area contributed by atoms with Crippen molar-refractivity contribution in [3.05, 3.63) is 58.0 Å². The zero-order valence-corrected chi connectivity index (χ0v) is 19.3. The molecule has 3 heterocycles. The molecule has 1 atom stereocenters. The molecule has 8 nitrogen and oxygen atoms in total. The van der Waals surface area contributed by atoms with Gasteiger partial charge in [-0.3, -0.25) is 9.69 Å². The minimum absolute atomic E-state index is 0.00806. The fraction of sp³-hybridized carbons (Fsp3) is 0.480. The lowest BCUT2D eigenvalue weighted by atomic mass is 10.1. The first-order chi connectivity index (χ1) is 16.1. The lowest BCUT2D eigenvalue weighted by Gasteiger charge is -2.19. The van der Waals surface area contributed by atoms with Gasteiger partial charge in [-0.1, -0.05) is 37.6 Å². The third-order valence-corrected chi connectivity index (χ3v) is 6.28. The van der Waals surface area contributed by atoms with Crippen molar-refractivity contribution in [1.29, 1.82) is 0 Å². The van der Waals surface area contributed by atoms with Crippen molar-refractivity contribution in [3.63, 3.8) is 0 Å². The van der Waals surface area contributed by atoms with Gasteiger partial charge in [-0.15, -0.1) is 0 Å². The van der Waals surface area contributed by atoms with Crippen molar-refractivity contribution in [2.75, 3.05) is 30.7 Å². The van der Waals surface area contributed by atoms with Crippen LogP contribution in [-0.2, 0) is 13.1 Å². The van der Waals surface area contributed by atoms with Gasteiger partial charge in [0.05, 0.1) is 12.1 Å². The molecule has 0 amide bonds. The number of rotatable bonds is 10. The summed E-state index contributed by atoms with van der Waals surface area (Å²) in [5, 5.41) is 13.2. The van der Waals surface area contributed by atoms with E-state index < -0.39 is 0 Å². The van der Waals surface area contributed by atoms with Gasteiger partial charge in [0.15, 0.2) is 0 Å². The Labute approximate surface area is 194 Å². The standard InChI is InChI=1S/C25H34N6O2/c1-2-5-20(11-15-32)27-23-22-21(28-25(26)29-23)10-14-31(24(22)33)17-19-8-6-18(7-9-19)16-30-12-3-4-13-30/h6-10,14,20,32H,2-5,11-13,15-17H2,1H3,(H3,26,27,28,29)/t20-/m0/s1. The van der Waals surface area contributed by atoms with Crippen LogP contribution in [0, 0.1) is 0 Å². The molecule has 0 radical (unpaired) electrons. The average molecular weight is 451 g/mol. The van der Waals surface area contributed by atoms with Gasteiger partial charge in [-0.2, -0.15) is 4.98 Å². The van der Waals surface area contributed by atoms with Gasteiger partial charge in [-0.25, -0.2) is 4.98 Å². The van der Waals surface area contributed by atoms with Crippen LogP contribution in [0.3, 0.4) is 0 Å². The van der Waals surface area contributed by atoms with Gasteiger partial charge in [0.2, 0.25) is 5.95 Å². The Bertz CT molecular complexity index is 1120. The largest absolute Gasteiger partial charge is 0.396 e. The number of pyridine rings is 1. The molecule has 1 aliphatic heterocycles. The number of nitrogens with zero attached hydrogens (tertiary/aromatic N) is 4. The van der Waals surface area contributed by atoms with Crippen LogP contribution >= 0.6 is 0 Å². The van der Waals surface area contributed by atoms with E-state index in [0.717, 1.165) is 24.9 Å². The van der Waals surface area contributed by atoms with Gasteiger partial charge >= 0.3 is 0 Å². The highest BCUT2D eigenvalue weighted by Gasteiger charge is 2.16. The number of fused-ring (bicyclic) bond motifs is 1. The molecule has 0 aliphatic carbocycles. The highest BCUT2D eigenvalue weighted by molar-refractivity contribution is 5.89. The van der Waals surface area contributed by atoms with E-state index in [1.165, 1.54) is 31.5 Å². The summed E-state index contributed by atoms with van der Waals surface area (Å²) in [6.45, 7) is 5.95. The molecule has 176 valence electrons. The summed E-state index contributed by atoms with van der Waals surface area (Å²) in [7, 11) is 0. The molecule has 1 aromatic carbocycles. The molecule has 2 aromatic heterocycles. The van der Waals surface area contributed by atoms with E-state index in [0.29, 0.717) is 29.7 Å². The quantitative estimate of drug-likeness (QED) is 0.436. The smallest absolute Gasteiger partial charge is 0.264 e. The van der Waals surface area contributed by atoms with Crippen LogP contribution in [0.5, 0.6) is 0 Å². The van der Waals surface area contributed by atoms with Gasteiger partial charge in [0, 0.05) is 25.4 Å². The summed E-state index contributed by atoms with van der Waals surface area (Å²) in [5.74, 6) is 0.555. The molecular formula is C25H34N6O2. The van der Waals surface area contributed by atoms with Gasteiger partial charge in [0.25, 0.3) is 5.56 Å². The number of anilines is 2. The van der Waals surface area contributed by atoms with Crippen LogP contribution in [0.25, 0.3) is 10.9 Å². The third kappa shape index (κ3) is 5.69. The number of nitrogens with two attached hydrogens (primary N) is 1. The zero-order valence-electron chi connectivity index (χ0n) is 19.3. The molecule has 0 bridgehead atoms. The summed E-state index contributed by atoms with van der Waals surface area (Å²) in [6.07, 6.45) is 6.72. The lowest BCUT2D eigenvalue weighted by molar-refractivity contribution is 0.276. The van der Waals surface area contributed by atoms with E-state index >= 15 is 0 Å². The molecule has 4 N–H and O–H groups in total. The van der Waals surface area contributed by atoms with E-state index in [1.54, 1.807) is 10.8 Å². The maximum Gasteiger partial charge on any atom is 0.264 e. The number of hydrogen-bond donors (Lipinski definition) is 3. The predicted molar refractivity (Wildman–Crippen MR) is 132 cm³/mol. The Hall–Kier alpha value is -2.97. The average Bonchev–Trinajstić information content (AvgIpc) is 3.30. The van der Waals surface area contributed by atoms with E-state index in [1.807, 2.05) is 6.07 Å². The topological polar surface area (TPSA) is 109 Å². The summed E-state index contributed by atoms with van der Waals surface area (Å²) in [6, 6.07) is 10.3. The molecule has 0 unspecified atom stereocenters. The van der Waals surface area contributed by atoms with E-state index in [4.69, 9.17) is 5.73 Å². The first-order valence-electron chi connectivity index (χ1n) is 11.9. The maximum atomic E-state index is 13.4. The van der Waals surface area contributed by atoms with Crippen LogP contribution in [0.1, 0.15) is 50.2 Å². The molecule has 0 saturated carbocycles. The minimum Gasteiger partial charge on any atom is -0.396 e. The van der Waals surface area contributed by atoms with Crippen molar-refractivity contribution in [1.82, 2.24) is 19.4 Å². The first kappa shape index (κ1) is 23.2. The van der Waals surface area contributed by atoms with E-state index in [9.17, 15) is 9.90 Å². The predicted octanol–water partition coefficient (Wildman–Crippen LogP) is 2.98. The number of aliphatic hydroxyl groups excluding tert-OH is 1. The molecule has 1 aliphatic rings. The van der Waals surface area contributed by atoms with Crippen molar-refractivity contribution >= 4 is 22.7 Å². The van der Waals surface area contributed by atoms with E-state index in [2.05, 4.69) is 51.4 Å². The fourth-order valence-corrected chi connectivity index (χ4v) is 4.56. The lowest BCUT2D eigenvalue weighted by Crippen LogP contribution is -2.26. The highest BCUT2D eigenvalue weighted by atomic mass is 16.3. The van der Waals surface area contributed by atoms with E-state index in [-0.39, 0.29) is 24.2 Å². The number of benzene rings is 1. The molecule has 33 heavy (non-hydrogen) atoms. The summed E-state index contributed by atoms with van der Waals surface area (Å²) < 4.78 is 1.68. The Morgan fingerprint density at radius 2 is 1.76 bits per heavy atom. The first-order valence-corrected chi connectivity index (χ1v) is 11.9. The second kappa shape index (κ2) is 10.8. The van der Waals surface area contributed by atoms with Crippen LogP contribution in [0.2, 0.25) is 0 Å². The fourth-order valence-electron chi connectivity index (χ4n) is 4.56. The Balaban J connectivity index is 1.59. The normalized spacial score (nSPS) is 15.2. The van der Waals surface area contributed by atoms with Crippen LogP contribution in [-0.4, -0.2) is 50.3 Å². The SMILES string of the molecule is CCC[C@@H](CCO)Nc1nc(N)nc2ccn(Cc3ccc(CN4CCCC4)cc3)c(=O)c12. The van der Waals surface area contributed by atoms with Crippen LogP contribution < -0.4 is 16.6 Å². The summed E-state index contributed by atoms with van der Waals surface area (Å²) >= 11 is 0. The molecule has 4 rings (SSSR count). The maximum absolute atomic E-state index is 13.4. The van der Waals surface area contributed by atoms with Crippen molar-refractivity contribution in [2.24, 2.45) is 0 Å². The minimum atomic E-state index is -0.157. The second-order valence-corrected chi connectivity index (χ2v) is 8.88. The molecular weight excluding hydrogens is 416 g/mol. The van der Waals surface area contributed by atoms with Crippen molar-refractivity contribution in [3.8, 4) is 0 Å². The zero-order chi connectivity index (χ0) is 23.2. The van der Waals surface area contributed by atoms with Crippen LogP contribution in [0.15, 0.2) is 41.3 Å². The number of aliphatic hydroxyl groups is 1. The number of hydrogen-bond acceptors (Lipinski definition) is 7. The van der Waals surface area contributed by atoms with Crippen molar-refractivity contribution in [2.45, 2.75) is 58.2 Å².